The Labute approximate surface area is 189 Å². The van der Waals surface area contributed by atoms with Gasteiger partial charge >= 0.3 is 5.69 Å². The van der Waals surface area contributed by atoms with Gasteiger partial charge in [0.25, 0.3) is 11.5 Å². The van der Waals surface area contributed by atoms with Gasteiger partial charge in [-0.2, -0.15) is 5.10 Å². The lowest BCUT2D eigenvalue weighted by Crippen LogP contribution is -2.32. The highest BCUT2D eigenvalue weighted by Crippen LogP contribution is 2.32. The van der Waals surface area contributed by atoms with Crippen LogP contribution < -0.4 is 21.3 Å². The van der Waals surface area contributed by atoms with Crippen molar-refractivity contribution in [1.82, 2.24) is 25.1 Å². The second kappa shape index (κ2) is 9.39. The van der Waals surface area contributed by atoms with E-state index in [1.807, 2.05) is 71.3 Å². The third-order valence-corrected chi connectivity index (χ3v) is 5.21. The highest BCUT2D eigenvalue weighted by Gasteiger charge is 2.16. The Morgan fingerprint density at radius 3 is 2.64 bits per heavy atom. The van der Waals surface area contributed by atoms with E-state index < -0.39 is 23.2 Å². The molecular weight excluding hydrogens is 422 g/mol. The number of aromatic nitrogens is 4. The Hall–Kier alpha value is -4.40. The van der Waals surface area contributed by atoms with E-state index in [0.29, 0.717) is 12.3 Å². The number of hydrogen-bond donors (Lipinski definition) is 3. The SMILES string of the molecule is COc1ccc(C(C)NC(=O)c2cc(=O)[nH]c(=O)[nH]2)cc1-c1cnn(Cc2ccccc2)c1. The fraction of sp³-hybridized carbons (Fsp3) is 0.167. The molecule has 0 saturated heterocycles. The van der Waals surface area contributed by atoms with Gasteiger partial charge in [0.15, 0.2) is 0 Å². The summed E-state index contributed by atoms with van der Waals surface area (Å²) in [5.74, 6) is 0.120. The molecule has 3 N–H and O–H groups in total. The van der Waals surface area contributed by atoms with Crippen molar-refractivity contribution in [1.29, 1.82) is 0 Å². The highest BCUT2D eigenvalue weighted by atomic mass is 16.5. The van der Waals surface area contributed by atoms with E-state index in [1.165, 1.54) is 0 Å². The van der Waals surface area contributed by atoms with E-state index in [2.05, 4.69) is 15.4 Å². The number of ether oxygens (including phenoxy) is 1. The third-order valence-electron chi connectivity index (χ3n) is 5.21. The molecule has 0 aliphatic carbocycles. The Morgan fingerprint density at radius 1 is 1.12 bits per heavy atom. The second-order valence-corrected chi connectivity index (χ2v) is 7.57. The maximum Gasteiger partial charge on any atom is 0.326 e. The van der Waals surface area contributed by atoms with Gasteiger partial charge in [0.05, 0.1) is 25.9 Å². The molecule has 0 saturated carbocycles. The molecule has 1 unspecified atom stereocenters. The van der Waals surface area contributed by atoms with Crippen LogP contribution in [-0.4, -0.2) is 32.8 Å². The van der Waals surface area contributed by atoms with Gasteiger partial charge in [-0.3, -0.25) is 19.3 Å². The molecule has 0 bridgehead atoms. The molecule has 4 aromatic rings. The fourth-order valence-electron chi connectivity index (χ4n) is 3.53. The lowest BCUT2D eigenvalue weighted by atomic mass is 10.0. The normalized spacial score (nSPS) is 11.7. The Morgan fingerprint density at radius 2 is 1.91 bits per heavy atom. The van der Waals surface area contributed by atoms with Crippen molar-refractivity contribution in [2.24, 2.45) is 0 Å². The quantitative estimate of drug-likeness (QED) is 0.403. The topological polar surface area (TPSA) is 122 Å². The monoisotopic (exact) mass is 445 g/mol. The van der Waals surface area contributed by atoms with Gasteiger partial charge < -0.3 is 15.0 Å². The maximum atomic E-state index is 12.5. The van der Waals surface area contributed by atoms with Gasteiger partial charge in [0.1, 0.15) is 11.4 Å². The molecule has 2 aromatic heterocycles. The van der Waals surface area contributed by atoms with Crippen LogP contribution in [0.3, 0.4) is 0 Å². The van der Waals surface area contributed by atoms with Crippen molar-refractivity contribution in [3.63, 3.8) is 0 Å². The maximum absolute atomic E-state index is 12.5. The van der Waals surface area contributed by atoms with Gasteiger partial charge in [-0.25, -0.2) is 4.79 Å². The number of carbonyl (C=O) groups is 1. The number of hydrogen-bond acceptors (Lipinski definition) is 5. The molecule has 0 radical (unpaired) electrons. The lowest BCUT2D eigenvalue weighted by Gasteiger charge is -2.16. The Kier molecular flexibility index (Phi) is 6.21. The highest BCUT2D eigenvalue weighted by molar-refractivity contribution is 5.92. The number of amides is 1. The van der Waals surface area contributed by atoms with Gasteiger partial charge in [0, 0.05) is 23.4 Å². The zero-order chi connectivity index (χ0) is 23.4. The first-order valence-corrected chi connectivity index (χ1v) is 10.3. The second-order valence-electron chi connectivity index (χ2n) is 7.57. The van der Waals surface area contributed by atoms with Crippen LogP contribution in [0.1, 0.15) is 34.6 Å². The summed E-state index contributed by atoms with van der Waals surface area (Å²) in [4.78, 5) is 39.8. The molecule has 0 aliphatic heterocycles. The number of nitrogens with zero attached hydrogens (tertiary/aromatic N) is 2. The average molecular weight is 445 g/mol. The van der Waals surface area contributed by atoms with Crippen LogP contribution in [0, 0.1) is 0 Å². The molecule has 4 rings (SSSR count). The molecule has 9 nitrogen and oxygen atoms in total. The largest absolute Gasteiger partial charge is 0.496 e. The van der Waals surface area contributed by atoms with Crippen LogP contribution in [0.4, 0.5) is 0 Å². The van der Waals surface area contributed by atoms with E-state index in [9.17, 15) is 14.4 Å². The molecule has 9 heteroatoms. The summed E-state index contributed by atoms with van der Waals surface area (Å²) < 4.78 is 7.39. The number of methoxy groups -OCH3 is 1. The average Bonchev–Trinajstić information content (AvgIpc) is 3.27. The van der Waals surface area contributed by atoms with Crippen molar-refractivity contribution >= 4 is 5.91 Å². The molecule has 0 fully saturated rings. The van der Waals surface area contributed by atoms with Gasteiger partial charge in [-0.15, -0.1) is 0 Å². The van der Waals surface area contributed by atoms with Crippen LogP contribution >= 0.6 is 0 Å². The number of carbonyl (C=O) groups excluding carboxylic acids is 1. The number of benzene rings is 2. The summed E-state index contributed by atoms with van der Waals surface area (Å²) >= 11 is 0. The van der Waals surface area contributed by atoms with Crippen molar-refractivity contribution in [2.75, 3.05) is 7.11 Å². The van der Waals surface area contributed by atoms with Crippen LogP contribution in [0.25, 0.3) is 11.1 Å². The Bertz CT molecular complexity index is 1360. The summed E-state index contributed by atoms with van der Waals surface area (Å²) in [6, 6.07) is 16.3. The first-order valence-electron chi connectivity index (χ1n) is 10.3. The summed E-state index contributed by atoms with van der Waals surface area (Å²) in [5.41, 5.74) is 2.19. The first kappa shape index (κ1) is 21.8. The Balaban J connectivity index is 1.57. The summed E-state index contributed by atoms with van der Waals surface area (Å²) in [6.45, 7) is 2.46. The van der Waals surface area contributed by atoms with Crippen LogP contribution in [0.2, 0.25) is 0 Å². The van der Waals surface area contributed by atoms with E-state index in [1.54, 1.807) is 13.3 Å². The van der Waals surface area contributed by atoms with Gasteiger partial charge in [-0.1, -0.05) is 36.4 Å². The van der Waals surface area contributed by atoms with E-state index in [4.69, 9.17) is 4.74 Å². The predicted molar refractivity (Wildman–Crippen MR) is 123 cm³/mol. The molecule has 168 valence electrons. The first-order chi connectivity index (χ1) is 15.9. The van der Waals surface area contributed by atoms with Crippen molar-refractivity contribution in [3.05, 3.63) is 105 Å². The zero-order valence-corrected chi connectivity index (χ0v) is 18.2. The summed E-state index contributed by atoms with van der Waals surface area (Å²) in [7, 11) is 1.60. The smallest absolute Gasteiger partial charge is 0.326 e. The summed E-state index contributed by atoms with van der Waals surface area (Å²) in [6.07, 6.45) is 3.72. The molecular formula is C24H23N5O4. The third kappa shape index (κ3) is 5.09. The van der Waals surface area contributed by atoms with E-state index in [-0.39, 0.29) is 5.69 Å². The molecule has 0 aliphatic rings. The van der Waals surface area contributed by atoms with Crippen molar-refractivity contribution in [3.8, 4) is 16.9 Å². The molecule has 33 heavy (non-hydrogen) atoms. The lowest BCUT2D eigenvalue weighted by molar-refractivity contribution is 0.0934. The minimum Gasteiger partial charge on any atom is -0.496 e. The summed E-state index contributed by atoms with van der Waals surface area (Å²) in [5, 5.41) is 7.26. The van der Waals surface area contributed by atoms with Gasteiger partial charge in [-0.05, 0) is 30.2 Å². The van der Waals surface area contributed by atoms with Crippen LogP contribution in [0.15, 0.2) is 76.6 Å². The van der Waals surface area contributed by atoms with Crippen LogP contribution in [0.5, 0.6) is 5.75 Å². The molecule has 1 amide bonds. The van der Waals surface area contributed by atoms with E-state index in [0.717, 1.165) is 28.3 Å². The van der Waals surface area contributed by atoms with Crippen molar-refractivity contribution < 1.29 is 9.53 Å². The number of aromatic amines is 2. The minimum atomic E-state index is -0.737. The number of nitrogens with one attached hydrogen (secondary N) is 3. The minimum absolute atomic E-state index is 0.105. The predicted octanol–water partition coefficient (Wildman–Crippen LogP) is 2.47. The molecule has 2 aromatic carbocycles. The standard InChI is InChI=1S/C24H23N5O4/c1-15(26-23(31)20-11-22(30)28-24(32)27-20)17-8-9-21(33-2)19(10-17)18-12-25-29(14-18)13-16-6-4-3-5-7-16/h3-12,14-15H,13H2,1-2H3,(H,26,31)(H2,27,28,30,32). The van der Waals surface area contributed by atoms with E-state index >= 15 is 0 Å². The molecule has 0 spiro atoms. The molecule has 1 atom stereocenters. The fourth-order valence-corrected chi connectivity index (χ4v) is 3.53. The number of rotatable bonds is 7. The molecule has 2 heterocycles. The zero-order valence-electron chi connectivity index (χ0n) is 18.2. The van der Waals surface area contributed by atoms with Gasteiger partial charge in [0.2, 0.25) is 0 Å². The number of H-pyrrole nitrogens is 2. The van der Waals surface area contributed by atoms with Crippen LogP contribution in [-0.2, 0) is 6.54 Å². The van der Waals surface area contributed by atoms with Crippen molar-refractivity contribution in [2.45, 2.75) is 19.5 Å².